The van der Waals surface area contributed by atoms with E-state index in [2.05, 4.69) is 17.0 Å². The van der Waals surface area contributed by atoms with Gasteiger partial charge in [-0.25, -0.2) is 0 Å². The van der Waals surface area contributed by atoms with E-state index < -0.39 is 0 Å². The number of aliphatic hydroxyl groups is 1. The second-order valence-corrected chi connectivity index (χ2v) is 5.30. The highest BCUT2D eigenvalue weighted by molar-refractivity contribution is 5.21. The van der Waals surface area contributed by atoms with Crippen LogP contribution in [0.5, 0.6) is 0 Å². The molecule has 17 heavy (non-hydrogen) atoms. The first kappa shape index (κ1) is 14.2. The second kappa shape index (κ2) is 5.63. The third-order valence-electron chi connectivity index (χ3n) is 3.40. The molecular formula is C14H24N2O. The van der Waals surface area contributed by atoms with E-state index in [1.807, 2.05) is 46.0 Å². The van der Waals surface area contributed by atoms with Crippen LogP contribution in [0.4, 0.5) is 0 Å². The van der Waals surface area contributed by atoms with Crippen LogP contribution in [0, 0.1) is 0 Å². The zero-order valence-corrected chi connectivity index (χ0v) is 11.2. The molecule has 0 aliphatic carbocycles. The zero-order chi connectivity index (χ0) is 13.1. The summed E-state index contributed by atoms with van der Waals surface area (Å²) in [6.07, 6.45) is 0. The Morgan fingerprint density at radius 3 is 2.24 bits per heavy atom. The lowest BCUT2D eigenvalue weighted by Gasteiger charge is -2.42. The summed E-state index contributed by atoms with van der Waals surface area (Å²) in [6, 6.07) is 10.3. The first-order valence-corrected chi connectivity index (χ1v) is 6.04. The summed E-state index contributed by atoms with van der Waals surface area (Å²) >= 11 is 0. The van der Waals surface area contributed by atoms with E-state index in [0.717, 1.165) is 0 Å². The maximum absolute atomic E-state index is 9.46. The molecule has 2 unspecified atom stereocenters. The molecule has 0 saturated carbocycles. The van der Waals surface area contributed by atoms with E-state index in [-0.39, 0.29) is 24.2 Å². The van der Waals surface area contributed by atoms with Crippen molar-refractivity contribution in [2.24, 2.45) is 5.73 Å². The van der Waals surface area contributed by atoms with Crippen LogP contribution in [0.2, 0.25) is 0 Å². The Kier molecular flexibility index (Phi) is 4.69. The molecule has 0 radical (unpaired) electrons. The Morgan fingerprint density at radius 1 is 1.29 bits per heavy atom. The van der Waals surface area contributed by atoms with Gasteiger partial charge < -0.3 is 10.8 Å². The highest BCUT2D eigenvalue weighted by atomic mass is 16.3. The molecule has 1 rings (SSSR count). The van der Waals surface area contributed by atoms with Crippen LogP contribution in [-0.2, 0) is 0 Å². The van der Waals surface area contributed by atoms with Crippen molar-refractivity contribution in [3.63, 3.8) is 0 Å². The van der Waals surface area contributed by atoms with Crippen LogP contribution in [0.3, 0.4) is 0 Å². The molecule has 0 heterocycles. The molecule has 0 aliphatic heterocycles. The SMILES string of the molecule is CC(N)C(c1ccccc1)N(C)C(C)(C)CO. The summed E-state index contributed by atoms with van der Waals surface area (Å²) in [7, 11) is 2.01. The highest BCUT2D eigenvalue weighted by Crippen LogP contribution is 2.28. The standard InChI is InChI=1S/C14H24N2O/c1-11(15)13(12-8-6-5-7-9-12)16(4)14(2,3)10-17/h5-9,11,13,17H,10,15H2,1-4H3. The number of likely N-dealkylation sites (N-methyl/N-ethyl adjacent to an activating group) is 1. The predicted molar refractivity (Wildman–Crippen MR) is 71.8 cm³/mol. The van der Waals surface area contributed by atoms with E-state index in [4.69, 9.17) is 5.73 Å². The summed E-state index contributed by atoms with van der Waals surface area (Å²) in [5.74, 6) is 0. The lowest BCUT2D eigenvalue weighted by molar-refractivity contribution is 0.0370. The molecule has 0 aliphatic rings. The summed E-state index contributed by atoms with van der Waals surface area (Å²) in [6.45, 7) is 6.15. The Bertz CT molecular complexity index is 335. The quantitative estimate of drug-likeness (QED) is 0.819. The molecular weight excluding hydrogens is 212 g/mol. The minimum absolute atomic E-state index is 0.00762. The summed E-state index contributed by atoms with van der Waals surface area (Å²) < 4.78 is 0. The Morgan fingerprint density at radius 2 is 1.82 bits per heavy atom. The largest absolute Gasteiger partial charge is 0.394 e. The van der Waals surface area contributed by atoms with Gasteiger partial charge in [-0.05, 0) is 33.4 Å². The zero-order valence-electron chi connectivity index (χ0n) is 11.2. The first-order chi connectivity index (χ1) is 7.90. The molecule has 0 aromatic heterocycles. The third kappa shape index (κ3) is 3.28. The lowest BCUT2D eigenvalue weighted by atomic mass is 9.94. The molecule has 3 N–H and O–H groups in total. The van der Waals surface area contributed by atoms with Crippen LogP contribution in [0.1, 0.15) is 32.4 Å². The van der Waals surface area contributed by atoms with Crippen molar-refractivity contribution in [2.75, 3.05) is 13.7 Å². The number of rotatable bonds is 5. The average Bonchev–Trinajstić information content (AvgIpc) is 2.30. The fourth-order valence-corrected chi connectivity index (χ4v) is 2.02. The van der Waals surface area contributed by atoms with E-state index in [1.165, 1.54) is 5.56 Å². The fourth-order valence-electron chi connectivity index (χ4n) is 2.02. The number of hydrogen-bond acceptors (Lipinski definition) is 3. The second-order valence-electron chi connectivity index (χ2n) is 5.30. The molecule has 2 atom stereocenters. The molecule has 3 heteroatoms. The topological polar surface area (TPSA) is 49.5 Å². The van der Waals surface area contributed by atoms with Gasteiger partial charge in [-0.3, -0.25) is 4.90 Å². The van der Waals surface area contributed by atoms with Crippen molar-refractivity contribution >= 4 is 0 Å². The van der Waals surface area contributed by atoms with E-state index in [9.17, 15) is 5.11 Å². The number of hydrogen-bond donors (Lipinski definition) is 2. The van der Waals surface area contributed by atoms with Gasteiger partial charge in [0.05, 0.1) is 6.61 Å². The lowest BCUT2D eigenvalue weighted by Crippen LogP contribution is -2.50. The minimum atomic E-state index is -0.284. The van der Waals surface area contributed by atoms with Gasteiger partial charge in [0.25, 0.3) is 0 Å². The number of nitrogens with zero attached hydrogens (tertiary/aromatic N) is 1. The number of aliphatic hydroxyl groups excluding tert-OH is 1. The van der Waals surface area contributed by atoms with Crippen molar-refractivity contribution < 1.29 is 5.11 Å². The van der Waals surface area contributed by atoms with Gasteiger partial charge in [0.2, 0.25) is 0 Å². The third-order valence-corrected chi connectivity index (χ3v) is 3.40. The van der Waals surface area contributed by atoms with Gasteiger partial charge in [0.1, 0.15) is 0 Å². The molecule has 1 aromatic carbocycles. The van der Waals surface area contributed by atoms with Gasteiger partial charge in [0, 0.05) is 17.6 Å². The minimum Gasteiger partial charge on any atom is -0.394 e. The Hall–Kier alpha value is -0.900. The number of nitrogens with two attached hydrogens (primary N) is 1. The molecule has 0 amide bonds. The van der Waals surface area contributed by atoms with Crippen molar-refractivity contribution in [1.29, 1.82) is 0 Å². The average molecular weight is 236 g/mol. The summed E-state index contributed by atoms with van der Waals surface area (Å²) in [4.78, 5) is 2.15. The molecule has 0 saturated heterocycles. The van der Waals surface area contributed by atoms with Crippen molar-refractivity contribution in [3.8, 4) is 0 Å². The van der Waals surface area contributed by atoms with Crippen molar-refractivity contribution in [2.45, 2.75) is 38.4 Å². The van der Waals surface area contributed by atoms with Gasteiger partial charge >= 0.3 is 0 Å². The fraction of sp³-hybridized carbons (Fsp3) is 0.571. The van der Waals surface area contributed by atoms with Crippen LogP contribution in [0.25, 0.3) is 0 Å². The monoisotopic (exact) mass is 236 g/mol. The van der Waals surface area contributed by atoms with E-state index in [0.29, 0.717) is 0 Å². The Labute approximate surface area is 104 Å². The summed E-state index contributed by atoms with van der Waals surface area (Å²) in [5, 5.41) is 9.46. The highest BCUT2D eigenvalue weighted by Gasteiger charge is 2.31. The molecule has 96 valence electrons. The molecule has 1 aromatic rings. The van der Waals surface area contributed by atoms with Gasteiger partial charge in [-0.15, -0.1) is 0 Å². The smallest absolute Gasteiger partial charge is 0.0610 e. The van der Waals surface area contributed by atoms with Gasteiger partial charge in [-0.1, -0.05) is 30.3 Å². The van der Waals surface area contributed by atoms with Gasteiger partial charge in [0.15, 0.2) is 0 Å². The van der Waals surface area contributed by atoms with Crippen LogP contribution >= 0.6 is 0 Å². The number of benzene rings is 1. The van der Waals surface area contributed by atoms with Gasteiger partial charge in [-0.2, -0.15) is 0 Å². The normalized spacial score (nSPS) is 15.9. The van der Waals surface area contributed by atoms with E-state index >= 15 is 0 Å². The Balaban J connectivity index is 3.03. The van der Waals surface area contributed by atoms with Crippen LogP contribution < -0.4 is 5.73 Å². The maximum Gasteiger partial charge on any atom is 0.0610 e. The molecule has 0 fully saturated rings. The van der Waals surface area contributed by atoms with Crippen molar-refractivity contribution in [1.82, 2.24) is 4.90 Å². The predicted octanol–water partition coefficient (Wildman–Crippen LogP) is 1.78. The first-order valence-electron chi connectivity index (χ1n) is 6.04. The van der Waals surface area contributed by atoms with Crippen LogP contribution in [-0.4, -0.2) is 35.2 Å². The van der Waals surface area contributed by atoms with Crippen molar-refractivity contribution in [3.05, 3.63) is 35.9 Å². The maximum atomic E-state index is 9.46. The molecule has 0 spiro atoms. The van der Waals surface area contributed by atoms with E-state index in [1.54, 1.807) is 0 Å². The molecule has 3 nitrogen and oxygen atoms in total. The van der Waals surface area contributed by atoms with Crippen LogP contribution in [0.15, 0.2) is 30.3 Å². The molecule has 0 bridgehead atoms. The summed E-state index contributed by atoms with van der Waals surface area (Å²) in [5.41, 5.74) is 7.00.